The Morgan fingerprint density at radius 1 is 1.21 bits per heavy atom. The number of fused-ring (bicyclic) bond motifs is 1. The average molecular weight is 394 g/mol. The fourth-order valence-electron chi connectivity index (χ4n) is 3.91. The molecule has 0 aliphatic carbocycles. The van der Waals surface area contributed by atoms with Crippen molar-refractivity contribution in [3.8, 4) is 5.75 Å². The number of nitrogens with one attached hydrogen (secondary N) is 1. The van der Waals surface area contributed by atoms with Gasteiger partial charge in [0, 0.05) is 30.9 Å². The Morgan fingerprint density at radius 2 is 2.03 bits per heavy atom. The largest absolute Gasteiger partial charge is 0.497 e. The molecule has 0 aromatic heterocycles. The van der Waals surface area contributed by atoms with Crippen LogP contribution in [-0.2, 0) is 27.2 Å². The number of hydrogen-bond donors (Lipinski definition) is 1. The molecule has 1 unspecified atom stereocenters. The summed E-state index contributed by atoms with van der Waals surface area (Å²) in [6.45, 7) is 1.32. The molecule has 0 radical (unpaired) electrons. The van der Waals surface area contributed by atoms with Crippen LogP contribution in [0.25, 0.3) is 0 Å². The molecule has 2 heterocycles. The third-order valence-electron chi connectivity index (χ3n) is 5.54. The first-order chi connectivity index (χ1) is 14.1. The number of rotatable bonds is 6. The molecule has 0 bridgehead atoms. The van der Waals surface area contributed by atoms with E-state index in [4.69, 9.17) is 9.47 Å². The zero-order chi connectivity index (χ0) is 20.2. The molecule has 2 aromatic carbocycles. The summed E-state index contributed by atoms with van der Waals surface area (Å²) in [5.41, 5.74) is 3.82. The standard InChI is InChI=1S/C23H26N2O4/c1-28-19-9-4-16(5-10-19)6-11-22(26)24-18-8-7-17-12-13-25(20(17)15-18)23(27)21-3-2-14-29-21/h4-5,7-10,15,21H,2-3,6,11-14H2,1H3,(H,24,26). The molecule has 4 rings (SSSR count). The molecule has 2 aromatic rings. The molecule has 6 nitrogen and oxygen atoms in total. The number of carbonyl (C=O) groups excluding carboxylic acids is 2. The molecule has 2 aliphatic rings. The van der Waals surface area contributed by atoms with Crippen LogP contribution in [0.4, 0.5) is 11.4 Å². The molecule has 6 heteroatoms. The number of anilines is 2. The number of ether oxygens (including phenoxy) is 2. The highest BCUT2D eigenvalue weighted by atomic mass is 16.5. The Hall–Kier alpha value is -2.86. The zero-order valence-corrected chi connectivity index (χ0v) is 16.6. The van der Waals surface area contributed by atoms with Gasteiger partial charge < -0.3 is 19.7 Å². The summed E-state index contributed by atoms with van der Waals surface area (Å²) in [5.74, 6) is 0.790. The topological polar surface area (TPSA) is 67.9 Å². The maximum Gasteiger partial charge on any atom is 0.256 e. The highest BCUT2D eigenvalue weighted by Crippen LogP contribution is 2.32. The van der Waals surface area contributed by atoms with Crippen LogP contribution in [0.2, 0.25) is 0 Å². The number of carbonyl (C=O) groups is 2. The first kappa shape index (κ1) is 19.5. The van der Waals surface area contributed by atoms with E-state index < -0.39 is 0 Å². The van der Waals surface area contributed by atoms with Gasteiger partial charge in [-0.05, 0) is 61.1 Å². The third kappa shape index (κ3) is 4.43. The Kier molecular flexibility index (Phi) is 5.81. The lowest BCUT2D eigenvalue weighted by Gasteiger charge is -2.21. The van der Waals surface area contributed by atoms with Crippen LogP contribution < -0.4 is 15.0 Å². The van der Waals surface area contributed by atoms with Crippen LogP contribution in [0.1, 0.15) is 30.4 Å². The van der Waals surface area contributed by atoms with Gasteiger partial charge in [0.15, 0.2) is 0 Å². The van der Waals surface area contributed by atoms with Gasteiger partial charge in [0.1, 0.15) is 11.9 Å². The van der Waals surface area contributed by atoms with Gasteiger partial charge >= 0.3 is 0 Å². The molecule has 1 N–H and O–H groups in total. The van der Waals surface area contributed by atoms with E-state index in [2.05, 4.69) is 5.32 Å². The summed E-state index contributed by atoms with van der Waals surface area (Å²) < 4.78 is 10.7. The van der Waals surface area contributed by atoms with Crippen molar-refractivity contribution in [3.05, 3.63) is 53.6 Å². The smallest absolute Gasteiger partial charge is 0.256 e. The SMILES string of the molecule is COc1ccc(CCC(=O)Nc2ccc3c(c2)N(C(=O)C2CCCO2)CC3)cc1. The Morgan fingerprint density at radius 3 is 2.76 bits per heavy atom. The first-order valence-corrected chi connectivity index (χ1v) is 10.1. The highest BCUT2D eigenvalue weighted by molar-refractivity contribution is 6.00. The van der Waals surface area contributed by atoms with Crippen molar-refractivity contribution in [1.29, 1.82) is 0 Å². The minimum atomic E-state index is -0.330. The van der Waals surface area contributed by atoms with Crippen LogP contribution in [-0.4, -0.2) is 38.2 Å². The van der Waals surface area contributed by atoms with E-state index in [-0.39, 0.29) is 17.9 Å². The number of methoxy groups -OCH3 is 1. The summed E-state index contributed by atoms with van der Waals surface area (Å²) in [7, 11) is 1.63. The van der Waals surface area contributed by atoms with E-state index in [1.165, 1.54) is 0 Å². The van der Waals surface area contributed by atoms with Crippen molar-refractivity contribution in [3.63, 3.8) is 0 Å². The minimum Gasteiger partial charge on any atom is -0.497 e. The maximum absolute atomic E-state index is 12.8. The highest BCUT2D eigenvalue weighted by Gasteiger charge is 2.32. The van der Waals surface area contributed by atoms with Crippen molar-refractivity contribution < 1.29 is 19.1 Å². The number of aryl methyl sites for hydroxylation is 1. The second kappa shape index (κ2) is 8.66. The quantitative estimate of drug-likeness (QED) is 0.816. The van der Waals surface area contributed by atoms with Crippen LogP contribution in [0, 0.1) is 0 Å². The van der Waals surface area contributed by atoms with Gasteiger partial charge in [-0.15, -0.1) is 0 Å². The van der Waals surface area contributed by atoms with Crippen molar-refractivity contribution in [2.24, 2.45) is 0 Å². The predicted octanol–water partition coefficient (Wildman–Crippen LogP) is 3.33. The fourth-order valence-corrected chi connectivity index (χ4v) is 3.91. The summed E-state index contributed by atoms with van der Waals surface area (Å²) in [4.78, 5) is 27.0. The molecular formula is C23H26N2O4. The molecule has 0 spiro atoms. The number of hydrogen-bond acceptors (Lipinski definition) is 4. The van der Waals surface area contributed by atoms with E-state index in [9.17, 15) is 9.59 Å². The molecule has 152 valence electrons. The zero-order valence-electron chi connectivity index (χ0n) is 16.6. The Bertz CT molecular complexity index is 888. The molecule has 0 saturated carbocycles. The number of amides is 2. The molecule has 2 amide bonds. The van der Waals surface area contributed by atoms with Crippen molar-refractivity contribution in [2.75, 3.05) is 30.5 Å². The summed E-state index contributed by atoms with van der Waals surface area (Å²) >= 11 is 0. The fraction of sp³-hybridized carbons (Fsp3) is 0.391. The van der Waals surface area contributed by atoms with Crippen LogP contribution in [0.5, 0.6) is 5.75 Å². The van der Waals surface area contributed by atoms with Crippen LogP contribution in [0.15, 0.2) is 42.5 Å². The molecule has 2 aliphatic heterocycles. The van der Waals surface area contributed by atoms with Gasteiger partial charge in [-0.1, -0.05) is 18.2 Å². The maximum atomic E-state index is 12.8. The van der Waals surface area contributed by atoms with Crippen molar-refractivity contribution in [2.45, 2.75) is 38.2 Å². The van der Waals surface area contributed by atoms with Crippen molar-refractivity contribution in [1.82, 2.24) is 0 Å². The molecule has 1 fully saturated rings. The summed E-state index contributed by atoms with van der Waals surface area (Å²) in [5, 5.41) is 2.96. The van der Waals surface area contributed by atoms with Gasteiger partial charge in [0.25, 0.3) is 5.91 Å². The van der Waals surface area contributed by atoms with Gasteiger partial charge in [0.2, 0.25) is 5.91 Å². The van der Waals surface area contributed by atoms with Crippen LogP contribution in [0.3, 0.4) is 0 Å². The predicted molar refractivity (Wildman–Crippen MR) is 111 cm³/mol. The van der Waals surface area contributed by atoms with Crippen LogP contribution >= 0.6 is 0 Å². The molecule has 1 atom stereocenters. The molecule has 1 saturated heterocycles. The second-order valence-corrected chi connectivity index (χ2v) is 7.48. The van der Waals surface area contributed by atoms with E-state index in [0.29, 0.717) is 26.0 Å². The van der Waals surface area contributed by atoms with E-state index >= 15 is 0 Å². The van der Waals surface area contributed by atoms with E-state index in [1.807, 2.05) is 42.5 Å². The lowest BCUT2D eigenvalue weighted by atomic mass is 10.1. The number of nitrogens with zero attached hydrogens (tertiary/aromatic N) is 1. The van der Waals surface area contributed by atoms with E-state index in [1.54, 1.807) is 12.0 Å². The normalized spacial score (nSPS) is 17.8. The van der Waals surface area contributed by atoms with Gasteiger partial charge in [-0.3, -0.25) is 9.59 Å². The van der Waals surface area contributed by atoms with Gasteiger partial charge in [0.05, 0.1) is 7.11 Å². The first-order valence-electron chi connectivity index (χ1n) is 10.1. The molecule has 29 heavy (non-hydrogen) atoms. The lowest BCUT2D eigenvalue weighted by Crippen LogP contribution is -2.37. The average Bonchev–Trinajstić information content (AvgIpc) is 3.42. The minimum absolute atomic E-state index is 0.0317. The Labute approximate surface area is 170 Å². The van der Waals surface area contributed by atoms with Gasteiger partial charge in [-0.2, -0.15) is 0 Å². The summed E-state index contributed by atoms with van der Waals surface area (Å²) in [6, 6.07) is 13.5. The third-order valence-corrected chi connectivity index (χ3v) is 5.54. The number of benzene rings is 2. The monoisotopic (exact) mass is 394 g/mol. The van der Waals surface area contributed by atoms with E-state index in [0.717, 1.165) is 47.5 Å². The van der Waals surface area contributed by atoms with Crippen molar-refractivity contribution >= 4 is 23.2 Å². The Balaban J connectivity index is 1.37. The van der Waals surface area contributed by atoms with Gasteiger partial charge in [-0.25, -0.2) is 0 Å². The second-order valence-electron chi connectivity index (χ2n) is 7.48. The summed E-state index contributed by atoms with van der Waals surface area (Å²) in [6.07, 6.45) is 3.27. The lowest BCUT2D eigenvalue weighted by molar-refractivity contribution is -0.127. The molecular weight excluding hydrogens is 368 g/mol.